The molecular formula is C20H30N2O3. The van der Waals surface area contributed by atoms with Crippen LogP contribution in [0.25, 0.3) is 0 Å². The van der Waals surface area contributed by atoms with Crippen LogP contribution < -0.4 is 0 Å². The van der Waals surface area contributed by atoms with E-state index >= 15 is 0 Å². The number of nitrogens with zero attached hydrogens (tertiary/aromatic N) is 2. The molecule has 1 heterocycles. The summed E-state index contributed by atoms with van der Waals surface area (Å²) in [5, 5.41) is 0. The van der Waals surface area contributed by atoms with Crippen molar-refractivity contribution in [2.24, 2.45) is 5.41 Å². The van der Waals surface area contributed by atoms with Gasteiger partial charge in [0.2, 0.25) is 0 Å². The van der Waals surface area contributed by atoms with E-state index in [4.69, 9.17) is 4.74 Å². The van der Waals surface area contributed by atoms with E-state index < -0.39 is 11.9 Å². The number of rotatable bonds is 4. The summed E-state index contributed by atoms with van der Waals surface area (Å²) in [6, 6.07) is 9.69. The monoisotopic (exact) mass is 346 g/mol. The topological polar surface area (TPSA) is 49.9 Å². The van der Waals surface area contributed by atoms with Crippen LogP contribution in [0.4, 0.5) is 0 Å². The van der Waals surface area contributed by atoms with E-state index in [1.54, 1.807) is 4.90 Å². The van der Waals surface area contributed by atoms with Crippen LogP contribution in [0.1, 0.15) is 39.2 Å². The number of hydrogen-bond acceptors (Lipinski definition) is 4. The van der Waals surface area contributed by atoms with Gasteiger partial charge >= 0.3 is 11.9 Å². The molecule has 0 aromatic heterocycles. The van der Waals surface area contributed by atoms with Gasteiger partial charge in [-0.3, -0.25) is 4.79 Å². The summed E-state index contributed by atoms with van der Waals surface area (Å²) in [5.41, 5.74) is 1.08. The molecule has 0 spiro atoms. The molecule has 1 saturated heterocycles. The minimum absolute atomic E-state index is 0.132. The van der Waals surface area contributed by atoms with Gasteiger partial charge in [-0.15, -0.1) is 0 Å². The quantitative estimate of drug-likeness (QED) is 0.621. The van der Waals surface area contributed by atoms with Gasteiger partial charge in [0.05, 0.1) is 0 Å². The normalized spacial score (nSPS) is 18.3. The van der Waals surface area contributed by atoms with Crippen molar-refractivity contribution in [2.75, 3.05) is 26.7 Å². The Kier molecular flexibility index (Phi) is 6.59. The van der Waals surface area contributed by atoms with Crippen LogP contribution in [0.2, 0.25) is 0 Å². The SMILES string of the molecule is CN(CC(C)(C)C)[C@@H]1CCCN(C(=O)C(=O)OCc2ccccc2)C1. The Morgan fingerprint density at radius 2 is 1.92 bits per heavy atom. The third-order valence-corrected chi connectivity index (χ3v) is 4.42. The van der Waals surface area contributed by atoms with Crippen LogP contribution in [0, 0.1) is 5.41 Å². The van der Waals surface area contributed by atoms with Crippen molar-refractivity contribution in [2.45, 2.75) is 46.3 Å². The Morgan fingerprint density at radius 3 is 2.56 bits per heavy atom. The second-order valence-corrected chi connectivity index (χ2v) is 8.08. The summed E-state index contributed by atoms with van der Waals surface area (Å²) in [7, 11) is 2.09. The zero-order valence-corrected chi connectivity index (χ0v) is 15.8. The van der Waals surface area contributed by atoms with Gasteiger partial charge in [0.1, 0.15) is 6.61 Å². The number of hydrogen-bond donors (Lipinski definition) is 0. The van der Waals surface area contributed by atoms with Gasteiger partial charge in [0.25, 0.3) is 0 Å². The zero-order valence-electron chi connectivity index (χ0n) is 15.8. The standard InChI is InChI=1S/C20H30N2O3/c1-20(2,3)15-21(4)17-11-8-12-22(13-17)18(23)19(24)25-14-16-9-6-5-7-10-16/h5-7,9-10,17H,8,11-15H2,1-4H3/t17-/m1/s1. The highest BCUT2D eigenvalue weighted by molar-refractivity contribution is 6.32. The third-order valence-electron chi connectivity index (χ3n) is 4.42. The van der Waals surface area contributed by atoms with Crippen LogP contribution in [-0.2, 0) is 20.9 Å². The molecule has 0 aliphatic carbocycles. The highest BCUT2D eigenvalue weighted by Crippen LogP contribution is 2.21. The average Bonchev–Trinajstić information content (AvgIpc) is 2.58. The van der Waals surface area contributed by atoms with E-state index in [0.29, 0.717) is 19.1 Å². The molecule has 1 amide bonds. The van der Waals surface area contributed by atoms with E-state index in [9.17, 15) is 9.59 Å². The molecule has 138 valence electrons. The summed E-state index contributed by atoms with van der Waals surface area (Å²) >= 11 is 0. The molecule has 5 nitrogen and oxygen atoms in total. The fourth-order valence-corrected chi connectivity index (χ4v) is 3.29. The van der Waals surface area contributed by atoms with Crippen LogP contribution in [0.5, 0.6) is 0 Å². The van der Waals surface area contributed by atoms with Crippen molar-refractivity contribution in [1.82, 2.24) is 9.80 Å². The van der Waals surface area contributed by atoms with E-state index in [1.807, 2.05) is 30.3 Å². The summed E-state index contributed by atoms with van der Waals surface area (Å²) in [5.74, 6) is -1.28. The molecule has 0 N–H and O–H groups in total. The Hall–Kier alpha value is -1.88. The fourth-order valence-electron chi connectivity index (χ4n) is 3.29. The molecule has 0 saturated carbocycles. The number of ether oxygens (including phenoxy) is 1. The van der Waals surface area contributed by atoms with Crippen molar-refractivity contribution in [3.63, 3.8) is 0 Å². The second-order valence-electron chi connectivity index (χ2n) is 8.08. The average molecular weight is 346 g/mol. The maximum Gasteiger partial charge on any atom is 0.397 e. The van der Waals surface area contributed by atoms with Gasteiger partial charge in [-0.1, -0.05) is 51.1 Å². The van der Waals surface area contributed by atoms with Gasteiger partial charge in [-0.05, 0) is 30.9 Å². The minimum Gasteiger partial charge on any atom is -0.454 e. The van der Waals surface area contributed by atoms with Crippen LogP contribution in [-0.4, -0.2) is 54.4 Å². The zero-order chi connectivity index (χ0) is 18.4. The van der Waals surface area contributed by atoms with Crippen LogP contribution in [0.3, 0.4) is 0 Å². The molecule has 2 rings (SSSR count). The molecule has 25 heavy (non-hydrogen) atoms. The molecule has 0 bridgehead atoms. The van der Waals surface area contributed by atoms with Crippen LogP contribution in [0.15, 0.2) is 30.3 Å². The maximum absolute atomic E-state index is 12.4. The molecule has 1 aliphatic heterocycles. The van der Waals surface area contributed by atoms with Crippen molar-refractivity contribution in [1.29, 1.82) is 0 Å². The predicted octanol–water partition coefficient (Wildman–Crippen LogP) is 2.70. The first-order chi connectivity index (χ1) is 11.8. The Morgan fingerprint density at radius 1 is 1.24 bits per heavy atom. The van der Waals surface area contributed by atoms with Crippen molar-refractivity contribution in [3.8, 4) is 0 Å². The van der Waals surface area contributed by atoms with Gasteiger partial charge in [-0.2, -0.15) is 0 Å². The number of esters is 1. The number of likely N-dealkylation sites (N-methyl/N-ethyl adjacent to an activating group) is 1. The van der Waals surface area contributed by atoms with Gasteiger partial charge in [0.15, 0.2) is 0 Å². The lowest BCUT2D eigenvalue weighted by Gasteiger charge is -2.39. The molecule has 0 radical (unpaired) electrons. The summed E-state index contributed by atoms with van der Waals surface area (Å²) < 4.78 is 5.18. The Bertz CT molecular complexity index is 580. The van der Waals surface area contributed by atoms with Crippen molar-refractivity contribution < 1.29 is 14.3 Å². The summed E-state index contributed by atoms with van der Waals surface area (Å²) in [6.07, 6.45) is 1.96. The molecule has 1 aromatic carbocycles. The van der Waals surface area contributed by atoms with Gasteiger partial charge < -0.3 is 14.5 Å². The highest BCUT2D eigenvalue weighted by atomic mass is 16.5. The number of carbonyl (C=O) groups excluding carboxylic acids is 2. The first-order valence-corrected chi connectivity index (χ1v) is 8.96. The smallest absolute Gasteiger partial charge is 0.397 e. The Balaban J connectivity index is 1.87. The highest BCUT2D eigenvalue weighted by Gasteiger charge is 2.31. The van der Waals surface area contributed by atoms with Crippen molar-refractivity contribution in [3.05, 3.63) is 35.9 Å². The first kappa shape index (κ1) is 19.4. The van der Waals surface area contributed by atoms with Crippen LogP contribution >= 0.6 is 0 Å². The predicted molar refractivity (Wildman–Crippen MR) is 97.9 cm³/mol. The number of piperidine rings is 1. The molecular weight excluding hydrogens is 316 g/mol. The van der Waals surface area contributed by atoms with E-state index in [1.165, 1.54) is 0 Å². The number of amides is 1. The molecule has 5 heteroatoms. The largest absolute Gasteiger partial charge is 0.454 e. The fraction of sp³-hybridized carbons (Fsp3) is 0.600. The first-order valence-electron chi connectivity index (χ1n) is 8.96. The maximum atomic E-state index is 12.4. The third kappa shape index (κ3) is 6.16. The number of benzene rings is 1. The van der Waals surface area contributed by atoms with E-state index in [0.717, 1.165) is 24.9 Å². The summed E-state index contributed by atoms with van der Waals surface area (Å²) in [6.45, 7) is 8.92. The molecule has 0 unspecified atom stereocenters. The molecule has 1 atom stereocenters. The molecule has 1 aromatic rings. The van der Waals surface area contributed by atoms with E-state index in [2.05, 4.69) is 32.7 Å². The minimum atomic E-state index is -0.761. The van der Waals surface area contributed by atoms with E-state index in [-0.39, 0.29) is 12.0 Å². The number of likely N-dealkylation sites (tertiary alicyclic amines) is 1. The van der Waals surface area contributed by atoms with Gasteiger partial charge in [-0.25, -0.2) is 4.79 Å². The second kappa shape index (κ2) is 8.48. The Labute approximate surface area is 150 Å². The lowest BCUT2D eigenvalue weighted by molar-refractivity contribution is -0.162. The van der Waals surface area contributed by atoms with Crippen molar-refractivity contribution >= 4 is 11.9 Å². The lowest BCUT2D eigenvalue weighted by Crippen LogP contribution is -2.51. The lowest BCUT2D eigenvalue weighted by atomic mass is 9.94. The molecule has 1 fully saturated rings. The summed E-state index contributed by atoms with van der Waals surface area (Å²) in [4.78, 5) is 28.4. The number of carbonyl (C=O) groups is 2. The molecule has 1 aliphatic rings. The van der Waals surface area contributed by atoms with Gasteiger partial charge in [0, 0.05) is 25.7 Å².